The zero-order valence-corrected chi connectivity index (χ0v) is 19.8. The van der Waals surface area contributed by atoms with Crippen LogP contribution in [-0.4, -0.2) is 57.8 Å². The number of aliphatic hydroxyl groups is 1. The number of hydrogen-bond acceptors (Lipinski definition) is 9. The first-order chi connectivity index (χ1) is 16.6. The SMILES string of the molecule is NS(=O)(=O)OC[C@H]1C[C@@H](Nc2ncncc2C(=O)c2ccn(Cc3ccc(F)cc3Cl)n2)C[C@@H]1O. The van der Waals surface area contributed by atoms with Crippen LogP contribution in [0.15, 0.2) is 43.0 Å². The monoisotopic (exact) mass is 524 g/mol. The van der Waals surface area contributed by atoms with Gasteiger partial charge in [-0.05, 0) is 36.6 Å². The van der Waals surface area contributed by atoms with Gasteiger partial charge >= 0.3 is 10.3 Å². The Morgan fingerprint density at radius 3 is 2.89 bits per heavy atom. The highest BCUT2D eigenvalue weighted by Gasteiger charge is 2.34. The summed E-state index contributed by atoms with van der Waals surface area (Å²) in [6.45, 7) is -0.00597. The smallest absolute Gasteiger partial charge is 0.333 e. The topological polar surface area (TPSA) is 162 Å². The third-order valence-electron chi connectivity index (χ3n) is 5.62. The average Bonchev–Trinajstić information content (AvgIpc) is 3.40. The lowest BCUT2D eigenvalue weighted by atomic mass is 10.1. The number of anilines is 1. The first kappa shape index (κ1) is 25.1. The molecule has 3 atom stereocenters. The van der Waals surface area contributed by atoms with Crippen LogP contribution in [0.2, 0.25) is 5.02 Å². The lowest BCUT2D eigenvalue weighted by Gasteiger charge is -2.15. The molecular weight excluding hydrogens is 503 g/mol. The fourth-order valence-electron chi connectivity index (χ4n) is 3.92. The Morgan fingerprint density at radius 1 is 1.34 bits per heavy atom. The van der Waals surface area contributed by atoms with E-state index in [0.29, 0.717) is 18.4 Å². The summed E-state index contributed by atoms with van der Waals surface area (Å²) >= 11 is 6.07. The third-order valence-corrected chi connectivity index (χ3v) is 6.44. The Balaban J connectivity index is 1.45. The van der Waals surface area contributed by atoms with E-state index in [0.717, 1.165) is 0 Å². The number of nitrogens with zero attached hydrogens (tertiary/aromatic N) is 4. The van der Waals surface area contributed by atoms with Gasteiger partial charge in [0, 0.05) is 29.4 Å². The molecule has 4 rings (SSSR count). The summed E-state index contributed by atoms with van der Waals surface area (Å²) in [5, 5.41) is 22.8. The van der Waals surface area contributed by atoms with Crippen molar-refractivity contribution < 1.29 is 26.9 Å². The van der Waals surface area contributed by atoms with Gasteiger partial charge in [0.15, 0.2) is 0 Å². The van der Waals surface area contributed by atoms with Crippen molar-refractivity contribution >= 4 is 33.5 Å². The first-order valence-electron chi connectivity index (χ1n) is 10.5. The predicted octanol–water partition coefficient (Wildman–Crippen LogP) is 1.52. The van der Waals surface area contributed by atoms with E-state index < -0.39 is 33.9 Å². The Morgan fingerprint density at radius 2 is 2.14 bits per heavy atom. The van der Waals surface area contributed by atoms with Gasteiger partial charge in [0.05, 0.1) is 24.8 Å². The van der Waals surface area contributed by atoms with Gasteiger partial charge in [0.1, 0.15) is 23.7 Å². The van der Waals surface area contributed by atoms with E-state index in [2.05, 4.69) is 24.6 Å². The molecule has 4 N–H and O–H groups in total. The molecule has 11 nitrogen and oxygen atoms in total. The molecule has 1 aliphatic rings. The molecule has 0 amide bonds. The number of hydrogen-bond donors (Lipinski definition) is 3. The summed E-state index contributed by atoms with van der Waals surface area (Å²) in [5.41, 5.74) is 0.963. The number of carbonyl (C=O) groups is 1. The minimum absolute atomic E-state index is 0.145. The van der Waals surface area contributed by atoms with Crippen LogP contribution in [0.5, 0.6) is 0 Å². The van der Waals surface area contributed by atoms with Crippen molar-refractivity contribution in [2.45, 2.75) is 31.5 Å². The van der Waals surface area contributed by atoms with Gasteiger partial charge in [-0.2, -0.15) is 13.5 Å². The molecule has 0 radical (unpaired) electrons. The highest BCUT2D eigenvalue weighted by molar-refractivity contribution is 7.84. The molecule has 3 aromatic rings. The molecule has 186 valence electrons. The number of aromatic nitrogens is 4. The van der Waals surface area contributed by atoms with E-state index in [1.54, 1.807) is 12.3 Å². The number of halogens is 2. The lowest BCUT2D eigenvalue weighted by Crippen LogP contribution is -2.24. The van der Waals surface area contributed by atoms with E-state index in [9.17, 15) is 22.7 Å². The number of carbonyl (C=O) groups excluding carboxylic acids is 1. The van der Waals surface area contributed by atoms with Crippen molar-refractivity contribution in [1.29, 1.82) is 0 Å². The van der Waals surface area contributed by atoms with Crippen molar-refractivity contribution in [2.75, 3.05) is 11.9 Å². The molecule has 1 aliphatic carbocycles. The molecule has 0 aliphatic heterocycles. The maximum atomic E-state index is 13.3. The van der Waals surface area contributed by atoms with Gasteiger partial charge in [-0.3, -0.25) is 13.7 Å². The molecule has 0 spiro atoms. The largest absolute Gasteiger partial charge is 0.393 e. The lowest BCUT2D eigenvalue weighted by molar-refractivity contribution is 0.101. The van der Waals surface area contributed by atoms with Crippen LogP contribution in [0.1, 0.15) is 34.5 Å². The maximum Gasteiger partial charge on any atom is 0.333 e. The van der Waals surface area contributed by atoms with Gasteiger partial charge < -0.3 is 10.4 Å². The fourth-order valence-corrected chi connectivity index (χ4v) is 4.51. The molecule has 14 heteroatoms. The second-order valence-electron chi connectivity index (χ2n) is 8.17. The minimum atomic E-state index is -4.11. The number of nitrogens with one attached hydrogen (secondary N) is 1. The molecule has 0 saturated heterocycles. The number of nitrogens with two attached hydrogens (primary N) is 1. The quantitative estimate of drug-likeness (QED) is 0.352. The summed E-state index contributed by atoms with van der Waals surface area (Å²) in [5.74, 6) is -1.07. The Hall–Kier alpha value is -2.97. The average molecular weight is 525 g/mol. The number of aliphatic hydroxyl groups excluding tert-OH is 1. The second-order valence-corrected chi connectivity index (χ2v) is 9.79. The van der Waals surface area contributed by atoms with E-state index in [1.165, 1.54) is 35.4 Å². The molecule has 35 heavy (non-hydrogen) atoms. The molecule has 1 aromatic carbocycles. The van der Waals surface area contributed by atoms with Crippen LogP contribution in [0.25, 0.3) is 0 Å². The van der Waals surface area contributed by atoms with Crippen LogP contribution < -0.4 is 10.5 Å². The first-order valence-corrected chi connectivity index (χ1v) is 12.4. The molecule has 2 heterocycles. The van der Waals surface area contributed by atoms with Crippen LogP contribution >= 0.6 is 11.6 Å². The maximum absolute atomic E-state index is 13.3. The Labute approximate surface area is 205 Å². The molecule has 0 unspecified atom stereocenters. The molecule has 0 bridgehead atoms. The van der Waals surface area contributed by atoms with Crippen molar-refractivity contribution in [1.82, 2.24) is 19.7 Å². The molecule has 2 aromatic heterocycles. The van der Waals surface area contributed by atoms with Crippen molar-refractivity contribution in [3.63, 3.8) is 0 Å². The number of rotatable bonds is 9. The normalized spacial score (nSPS) is 20.2. The molecule has 1 fully saturated rings. The van der Waals surface area contributed by atoms with E-state index >= 15 is 0 Å². The molecular formula is C21H22ClFN6O5S. The number of benzene rings is 1. The molecule has 1 saturated carbocycles. The van der Waals surface area contributed by atoms with Crippen LogP contribution in [0.3, 0.4) is 0 Å². The highest BCUT2D eigenvalue weighted by Crippen LogP contribution is 2.30. The van der Waals surface area contributed by atoms with Gasteiger partial charge in [-0.15, -0.1) is 0 Å². The third kappa shape index (κ3) is 6.38. The van der Waals surface area contributed by atoms with Gasteiger partial charge in [-0.25, -0.2) is 19.5 Å². The Kier molecular flexibility index (Phi) is 7.42. The van der Waals surface area contributed by atoms with Gasteiger partial charge in [-0.1, -0.05) is 17.7 Å². The summed E-state index contributed by atoms with van der Waals surface area (Å²) in [7, 11) is -4.11. The van der Waals surface area contributed by atoms with Crippen molar-refractivity contribution in [3.05, 3.63) is 70.6 Å². The summed E-state index contributed by atoms with van der Waals surface area (Å²) in [4.78, 5) is 21.2. The van der Waals surface area contributed by atoms with Gasteiger partial charge in [0.2, 0.25) is 5.78 Å². The predicted molar refractivity (Wildman–Crippen MR) is 123 cm³/mol. The summed E-state index contributed by atoms with van der Waals surface area (Å²) in [6.07, 6.45) is 4.10. The zero-order chi connectivity index (χ0) is 25.2. The highest BCUT2D eigenvalue weighted by atomic mass is 35.5. The fraction of sp³-hybridized carbons (Fsp3) is 0.333. The van der Waals surface area contributed by atoms with Crippen LogP contribution in [-0.2, 0) is 21.0 Å². The zero-order valence-electron chi connectivity index (χ0n) is 18.2. The van der Waals surface area contributed by atoms with E-state index in [4.69, 9.17) is 16.7 Å². The van der Waals surface area contributed by atoms with Gasteiger partial charge in [0.25, 0.3) is 0 Å². The standard InChI is InChI=1S/C21H22ClFN6O5S/c22-17-6-14(23)2-1-12(17)9-29-4-3-18(28-29)20(31)16-8-25-11-26-21(16)27-15-5-13(19(30)7-15)10-34-35(24,32)33/h1-4,6,8,11,13,15,19,30H,5,7,9-10H2,(H2,24,32,33)(H,25,26,27)/t13-,15-,19+/m1/s1. The number of ketones is 1. The van der Waals surface area contributed by atoms with Crippen molar-refractivity contribution in [3.8, 4) is 0 Å². The minimum Gasteiger partial charge on any atom is -0.393 e. The van der Waals surface area contributed by atoms with Crippen molar-refractivity contribution in [2.24, 2.45) is 11.1 Å². The van der Waals surface area contributed by atoms with Crippen LogP contribution in [0, 0.1) is 11.7 Å². The van der Waals surface area contributed by atoms with E-state index in [1.807, 2.05) is 0 Å². The second kappa shape index (κ2) is 10.3. The summed E-state index contributed by atoms with van der Waals surface area (Å²) in [6, 6.07) is 5.29. The summed E-state index contributed by atoms with van der Waals surface area (Å²) < 4.78 is 41.4. The van der Waals surface area contributed by atoms with E-state index in [-0.39, 0.29) is 41.3 Å². The van der Waals surface area contributed by atoms with Crippen LogP contribution in [0.4, 0.5) is 10.2 Å². The Bertz CT molecular complexity index is 1340.